The van der Waals surface area contributed by atoms with Gasteiger partial charge in [0.2, 0.25) is 0 Å². The van der Waals surface area contributed by atoms with Crippen molar-refractivity contribution in [1.29, 1.82) is 0 Å². The van der Waals surface area contributed by atoms with Crippen LogP contribution in [0.3, 0.4) is 0 Å². The summed E-state index contributed by atoms with van der Waals surface area (Å²) in [5.41, 5.74) is 2.49. The van der Waals surface area contributed by atoms with Crippen LogP contribution in [-0.4, -0.2) is 34.0 Å². The van der Waals surface area contributed by atoms with Crippen molar-refractivity contribution < 1.29 is 9.90 Å². The molecule has 5 heteroatoms. The van der Waals surface area contributed by atoms with Crippen LogP contribution in [-0.2, 0) is 13.0 Å². The summed E-state index contributed by atoms with van der Waals surface area (Å²) in [7, 11) is 0. The summed E-state index contributed by atoms with van der Waals surface area (Å²) in [5, 5.41) is 11.4. The van der Waals surface area contributed by atoms with Gasteiger partial charge in [0.25, 0.3) is 0 Å². The van der Waals surface area contributed by atoms with E-state index in [1.165, 1.54) is 16.9 Å². The number of aromatic nitrogens is 1. The second-order valence-electron chi connectivity index (χ2n) is 5.15. The molecule has 1 aromatic carbocycles. The maximum absolute atomic E-state index is 10.9. The molecule has 0 unspecified atom stereocenters. The first-order valence-electron chi connectivity index (χ1n) is 7.32. The second-order valence-corrected chi connectivity index (χ2v) is 6.09. The number of thiazole rings is 1. The molecule has 1 heterocycles. The molecule has 0 spiro atoms. The average Bonchev–Trinajstić information content (AvgIpc) is 2.98. The van der Waals surface area contributed by atoms with E-state index in [9.17, 15) is 4.79 Å². The molecular weight excluding hydrogens is 308 g/mol. The highest BCUT2D eigenvalue weighted by Gasteiger charge is 2.12. The van der Waals surface area contributed by atoms with Crippen molar-refractivity contribution in [2.45, 2.75) is 13.0 Å². The molecule has 0 atom stereocenters. The molecule has 23 heavy (non-hydrogen) atoms. The van der Waals surface area contributed by atoms with Crippen LogP contribution in [0.15, 0.2) is 55.0 Å². The topological polar surface area (TPSA) is 53.4 Å². The molecule has 0 aliphatic heterocycles. The standard InChI is InChI=1S/C18H20N2O2S/c1-3-9-20(10-4-2)12-15-8-6-5-7-14(15)11-17-19-16(13-23-17)18(21)22/h3-8,13H,1-2,9-12H2,(H,21,22). The Morgan fingerprint density at radius 2 is 1.87 bits per heavy atom. The predicted molar refractivity (Wildman–Crippen MR) is 94.0 cm³/mol. The van der Waals surface area contributed by atoms with Gasteiger partial charge in [-0.05, 0) is 11.1 Å². The lowest BCUT2D eigenvalue weighted by atomic mass is 10.0. The Balaban J connectivity index is 2.17. The van der Waals surface area contributed by atoms with Gasteiger partial charge in [0.15, 0.2) is 5.69 Å². The maximum atomic E-state index is 10.9. The Hall–Kier alpha value is -2.24. The monoisotopic (exact) mass is 328 g/mol. The van der Waals surface area contributed by atoms with Crippen LogP contribution in [0.5, 0.6) is 0 Å². The molecule has 120 valence electrons. The van der Waals surface area contributed by atoms with Gasteiger partial charge in [-0.3, -0.25) is 4.90 Å². The minimum Gasteiger partial charge on any atom is -0.476 e. The van der Waals surface area contributed by atoms with E-state index >= 15 is 0 Å². The molecule has 2 rings (SSSR count). The van der Waals surface area contributed by atoms with Crippen molar-refractivity contribution in [3.05, 3.63) is 76.8 Å². The summed E-state index contributed by atoms with van der Waals surface area (Å²) in [6.07, 6.45) is 4.41. The van der Waals surface area contributed by atoms with E-state index < -0.39 is 5.97 Å². The largest absolute Gasteiger partial charge is 0.476 e. The van der Waals surface area contributed by atoms with Crippen molar-refractivity contribution in [2.24, 2.45) is 0 Å². The number of carbonyl (C=O) groups is 1. The van der Waals surface area contributed by atoms with Gasteiger partial charge in [0.05, 0.1) is 5.01 Å². The van der Waals surface area contributed by atoms with Crippen molar-refractivity contribution in [3.63, 3.8) is 0 Å². The molecule has 1 aromatic heterocycles. The number of carboxylic acids is 1. The number of rotatable bonds is 9. The van der Waals surface area contributed by atoms with Crippen LogP contribution in [0.1, 0.15) is 26.6 Å². The first kappa shape index (κ1) is 17.1. The lowest BCUT2D eigenvalue weighted by Crippen LogP contribution is -2.24. The van der Waals surface area contributed by atoms with Gasteiger partial charge in [-0.15, -0.1) is 24.5 Å². The van der Waals surface area contributed by atoms with E-state index in [1.54, 1.807) is 5.38 Å². The molecule has 0 fully saturated rings. The molecule has 0 saturated heterocycles. The zero-order valence-electron chi connectivity index (χ0n) is 12.9. The van der Waals surface area contributed by atoms with Crippen LogP contribution < -0.4 is 0 Å². The Labute approximate surface area is 140 Å². The lowest BCUT2D eigenvalue weighted by Gasteiger charge is -2.20. The van der Waals surface area contributed by atoms with Crippen LogP contribution in [0, 0.1) is 0 Å². The molecule has 1 N–H and O–H groups in total. The summed E-state index contributed by atoms with van der Waals surface area (Å²) >= 11 is 1.38. The molecule has 0 aliphatic carbocycles. The Morgan fingerprint density at radius 1 is 1.22 bits per heavy atom. The molecule has 0 radical (unpaired) electrons. The van der Waals surface area contributed by atoms with Gasteiger partial charge in [-0.2, -0.15) is 0 Å². The third-order valence-electron chi connectivity index (χ3n) is 3.40. The fourth-order valence-electron chi connectivity index (χ4n) is 2.35. The van der Waals surface area contributed by atoms with Crippen molar-refractivity contribution in [3.8, 4) is 0 Å². The summed E-state index contributed by atoms with van der Waals surface area (Å²) in [6.45, 7) is 9.97. The number of benzene rings is 1. The van der Waals surface area contributed by atoms with E-state index in [1.807, 2.05) is 24.3 Å². The number of hydrogen-bond donors (Lipinski definition) is 1. The first-order chi connectivity index (χ1) is 11.1. The highest BCUT2D eigenvalue weighted by atomic mass is 32.1. The third-order valence-corrected chi connectivity index (χ3v) is 4.25. The first-order valence-corrected chi connectivity index (χ1v) is 8.20. The second kappa shape index (κ2) is 8.41. The molecule has 0 amide bonds. The van der Waals surface area contributed by atoms with Crippen LogP contribution in [0.25, 0.3) is 0 Å². The highest BCUT2D eigenvalue weighted by Crippen LogP contribution is 2.19. The van der Waals surface area contributed by atoms with Gasteiger partial charge < -0.3 is 5.11 Å². The van der Waals surface area contributed by atoms with Gasteiger partial charge in [-0.1, -0.05) is 36.4 Å². The number of hydrogen-bond acceptors (Lipinski definition) is 4. The third kappa shape index (κ3) is 4.87. The van der Waals surface area contributed by atoms with Crippen LogP contribution >= 0.6 is 11.3 Å². The minimum atomic E-state index is -0.982. The summed E-state index contributed by atoms with van der Waals surface area (Å²) < 4.78 is 0. The molecule has 4 nitrogen and oxygen atoms in total. The zero-order chi connectivity index (χ0) is 16.7. The summed E-state index contributed by atoms with van der Waals surface area (Å²) in [5.74, 6) is -0.982. The van der Waals surface area contributed by atoms with Gasteiger partial charge in [0.1, 0.15) is 0 Å². The number of aromatic carboxylic acids is 1. The lowest BCUT2D eigenvalue weighted by molar-refractivity contribution is 0.0691. The van der Waals surface area contributed by atoms with Crippen molar-refractivity contribution in [2.75, 3.05) is 13.1 Å². The molecular formula is C18H20N2O2S. The molecule has 2 aromatic rings. The van der Waals surface area contributed by atoms with E-state index in [0.717, 1.165) is 30.2 Å². The van der Waals surface area contributed by atoms with E-state index in [4.69, 9.17) is 5.11 Å². The summed E-state index contributed by atoms with van der Waals surface area (Å²) in [4.78, 5) is 17.4. The molecule has 0 saturated carbocycles. The van der Waals surface area contributed by atoms with E-state index in [-0.39, 0.29) is 5.69 Å². The summed E-state index contributed by atoms with van der Waals surface area (Å²) in [6, 6.07) is 8.18. The van der Waals surface area contributed by atoms with E-state index in [2.05, 4.69) is 35.2 Å². The van der Waals surface area contributed by atoms with Gasteiger partial charge >= 0.3 is 5.97 Å². The quantitative estimate of drug-likeness (QED) is 0.715. The Morgan fingerprint density at radius 3 is 2.43 bits per heavy atom. The van der Waals surface area contributed by atoms with Gasteiger partial charge in [0, 0.05) is 31.4 Å². The van der Waals surface area contributed by atoms with Crippen LogP contribution in [0.4, 0.5) is 0 Å². The van der Waals surface area contributed by atoms with Crippen molar-refractivity contribution >= 4 is 17.3 Å². The maximum Gasteiger partial charge on any atom is 0.355 e. The highest BCUT2D eigenvalue weighted by molar-refractivity contribution is 7.09. The molecule has 0 bridgehead atoms. The zero-order valence-corrected chi connectivity index (χ0v) is 13.8. The Bertz CT molecular complexity index is 684. The number of nitrogens with zero attached hydrogens (tertiary/aromatic N) is 2. The minimum absolute atomic E-state index is 0.113. The average molecular weight is 328 g/mol. The predicted octanol–water partition coefficient (Wildman–Crippen LogP) is 3.61. The fraction of sp³-hybridized carbons (Fsp3) is 0.222. The van der Waals surface area contributed by atoms with Crippen LogP contribution in [0.2, 0.25) is 0 Å². The van der Waals surface area contributed by atoms with Gasteiger partial charge in [-0.25, -0.2) is 9.78 Å². The Kier molecular flexibility index (Phi) is 6.26. The SMILES string of the molecule is C=CCN(CC=C)Cc1ccccc1Cc1nc(C(=O)O)cs1. The van der Waals surface area contributed by atoms with E-state index in [0.29, 0.717) is 6.42 Å². The van der Waals surface area contributed by atoms with Crippen molar-refractivity contribution in [1.82, 2.24) is 9.88 Å². The number of carboxylic acid groups (broad SMARTS) is 1. The smallest absolute Gasteiger partial charge is 0.355 e. The fourth-order valence-corrected chi connectivity index (χ4v) is 3.14. The normalized spacial score (nSPS) is 10.7. The molecule has 0 aliphatic rings.